The van der Waals surface area contributed by atoms with Gasteiger partial charge in [0.05, 0.1) is 0 Å². The van der Waals surface area contributed by atoms with Crippen LogP contribution in [-0.4, -0.2) is 23.9 Å². The Kier molecular flexibility index (Phi) is 3.05. The quantitative estimate of drug-likeness (QED) is 0.893. The highest BCUT2D eigenvalue weighted by molar-refractivity contribution is 6.30. The molecule has 1 atom stereocenters. The zero-order valence-corrected chi connectivity index (χ0v) is 11.5. The maximum atomic E-state index is 13.2. The molecular formula is C13H12ClF2N3O2. The maximum Gasteiger partial charge on any atom is 0.250 e. The average Bonchev–Trinajstić information content (AvgIpc) is 2.85. The Morgan fingerprint density at radius 1 is 1.38 bits per heavy atom. The number of rotatable bonds is 3. The van der Waals surface area contributed by atoms with Gasteiger partial charge in [0.25, 0.3) is 5.92 Å². The molecule has 1 heterocycles. The molecule has 1 amide bonds. The summed E-state index contributed by atoms with van der Waals surface area (Å²) >= 11 is 5.79. The average molecular weight is 316 g/mol. The number of benzene rings is 1. The second kappa shape index (κ2) is 4.56. The van der Waals surface area contributed by atoms with Gasteiger partial charge in [-0.25, -0.2) is 8.78 Å². The molecule has 1 aromatic carbocycles. The first kappa shape index (κ1) is 14.1. The van der Waals surface area contributed by atoms with E-state index in [1.807, 2.05) is 0 Å². The second-order valence-corrected chi connectivity index (χ2v) is 5.74. The molecule has 0 saturated heterocycles. The minimum absolute atomic E-state index is 0.354. The van der Waals surface area contributed by atoms with Crippen molar-refractivity contribution >= 4 is 23.3 Å². The van der Waals surface area contributed by atoms with Gasteiger partial charge >= 0.3 is 0 Å². The van der Waals surface area contributed by atoms with E-state index < -0.39 is 36.3 Å². The minimum atomic E-state index is -2.90. The number of oxime groups is 1. The van der Waals surface area contributed by atoms with Crippen molar-refractivity contribution in [2.75, 3.05) is 0 Å². The molecule has 0 bridgehead atoms. The van der Waals surface area contributed by atoms with Crippen LogP contribution in [0.15, 0.2) is 29.4 Å². The van der Waals surface area contributed by atoms with Crippen molar-refractivity contribution in [3.63, 3.8) is 0 Å². The van der Waals surface area contributed by atoms with Crippen molar-refractivity contribution in [2.45, 2.75) is 25.0 Å². The molecule has 0 radical (unpaired) electrons. The standard InChI is InChI=1S/C13H12ClF2N3O2/c14-8-3-1-7(2-4-8)9-18-11(21-19-9)12(10(17)20)5-13(15,16)6-12/h1-4,11H,5-6H2,(H2,17,20)(H,18,19). The molecule has 0 spiro atoms. The van der Waals surface area contributed by atoms with Crippen molar-refractivity contribution in [1.82, 2.24) is 5.32 Å². The van der Waals surface area contributed by atoms with Crippen molar-refractivity contribution in [2.24, 2.45) is 16.3 Å². The van der Waals surface area contributed by atoms with Gasteiger partial charge in [0.2, 0.25) is 12.1 Å². The van der Waals surface area contributed by atoms with E-state index in [-0.39, 0.29) is 0 Å². The van der Waals surface area contributed by atoms with Gasteiger partial charge in [-0.1, -0.05) is 16.8 Å². The lowest BCUT2D eigenvalue weighted by Crippen LogP contribution is -2.63. The fourth-order valence-corrected chi connectivity index (χ4v) is 2.75. The van der Waals surface area contributed by atoms with E-state index in [1.54, 1.807) is 24.3 Å². The lowest BCUT2D eigenvalue weighted by molar-refractivity contribution is -0.209. The fourth-order valence-electron chi connectivity index (χ4n) is 2.63. The SMILES string of the molecule is NC(=O)C1(C2NC(c3ccc(Cl)cc3)=NO2)CC(F)(F)C1. The second-order valence-electron chi connectivity index (χ2n) is 5.31. The summed E-state index contributed by atoms with van der Waals surface area (Å²) in [5.74, 6) is -3.37. The third kappa shape index (κ3) is 2.31. The Balaban J connectivity index is 1.76. The number of primary amides is 1. The van der Waals surface area contributed by atoms with Crippen LogP contribution < -0.4 is 11.1 Å². The van der Waals surface area contributed by atoms with Gasteiger partial charge in [-0.3, -0.25) is 4.79 Å². The van der Waals surface area contributed by atoms with Gasteiger partial charge in [-0.15, -0.1) is 0 Å². The lowest BCUT2D eigenvalue weighted by Gasteiger charge is -2.46. The van der Waals surface area contributed by atoms with E-state index >= 15 is 0 Å². The molecule has 3 N–H and O–H groups in total. The van der Waals surface area contributed by atoms with E-state index in [2.05, 4.69) is 10.5 Å². The minimum Gasteiger partial charge on any atom is -0.369 e. The molecule has 3 rings (SSSR count). The Bertz CT molecular complexity index is 610. The first-order valence-electron chi connectivity index (χ1n) is 6.26. The summed E-state index contributed by atoms with van der Waals surface area (Å²) in [5, 5.41) is 7.20. The van der Waals surface area contributed by atoms with Crippen LogP contribution in [0.2, 0.25) is 5.02 Å². The molecule has 112 valence electrons. The van der Waals surface area contributed by atoms with Crippen LogP contribution in [0, 0.1) is 5.41 Å². The summed E-state index contributed by atoms with van der Waals surface area (Å²) in [4.78, 5) is 16.7. The summed E-state index contributed by atoms with van der Waals surface area (Å²) in [7, 11) is 0. The van der Waals surface area contributed by atoms with Crippen LogP contribution >= 0.6 is 11.6 Å². The number of hydrogen-bond acceptors (Lipinski definition) is 4. The molecule has 1 aliphatic carbocycles. The number of amidine groups is 1. The molecular weight excluding hydrogens is 304 g/mol. The number of nitrogens with one attached hydrogen (secondary N) is 1. The Labute approximate surface area is 124 Å². The number of carbonyl (C=O) groups is 1. The van der Waals surface area contributed by atoms with Crippen molar-refractivity contribution in [3.8, 4) is 0 Å². The monoisotopic (exact) mass is 315 g/mol. The van der Waals surface area contributed by atoms with E-state index in [0.717, 1.165) is 0 Å². The van der Waals surface area contributed by atoms with Gasteiger partial charge in [0.15, 0.2) is 5.84 Å². The van der Waals surface area contributed by atoms with Crippen LogP contribution in [0.25, 0.3) is 0 Å². The Morgan fingerprint density at radius 3 is 2.52 bits per heavy atom. The van der Waals surface area contributed by atoms with Crippen molar-refractivity contribution in [3.05, 3.63) is 34.9 Å². The van der Waals surface area contributed by atoms with Crippen LogP contribution in [0.5, 0.6) is 0 Å². The molecule has 1 fully saturated rings. The third-order valence-electron chi connectivity index (χ3n) is 3.78. The normalized spacial score (nSPS) is 25.3. The van der Waals surface area contributed by atoms with E-state index in [4.69, 9.17) is 22.2 Å². The number of alkyl halides is 2. The summed E-state index contributed by atoms with van der Waals surface area (Å²) in [6.07, 6.45) is -2.27. The molecule has 21 heavy (non-hydrogen) atoms. The summed E-state index contributed by atoms with van der Waals surface area (Å²) < 4.78 is 26.3. The molecule has 1 saturated carbocycles. The predicted molar refractivity (Wildman–Crippen MR) is 71.8 cm³/mol. The van der Waals surface area contributed by atoms with E-state index in [0.29, 0.717) is 16.4 Å². The molecule has 5 nitrogen and oxygen atoms in total. The number of hydrogen-bond donors (Lipinski definition) is 2. The highest BCUT2D eigenvalue weighted by atomic mass is 35.5. The van der Waals surface area contributed by atoms with Crippen molar-refractivity contribution < 1.29 is 18.4 Å². The van der Waals surface area contributed by atoms with E-state index in [1.165, 1.54) is 0 Å². The zero-order valence-electron chi connectivity index (χ0n) is 10.8. The fraction of sp³-hybridized carbons (Fsp3) is 0.385. The highest BCUT2D eigenvalue weighted by Crippen LogP contribution is 2.54. The highest BCUT2D eigenvalue weighted by Gasteiger charge is 2.66. The molecule has 8 heteroatoms. The van der Waals surface area contributed by atoms with Gasteiger partial charge in [-0.05, 0) is 24.3 Å². The number of nitrogens with two attached hydrogens (primary N) is 1. The first-order chi connectivity index (χ1) is 9.82. The molecule has 1 unspecified atom stereocenters. The smallest absolute Gasteiger partial charge is 0.250 e. The number of halogens is 3. The molecule has 1 aliphatic heterocycles. The molecule has 1 aromatic rings. The van der Waals surface area contributed by atoms with E-state index in [9.17, 15) is 13.6 Å². The lowest BCUT2D eigenvalue weighted by atomic mass is 9.64. The number of nitrogens with zero attached hydrogens (tertiary/aromatic N) is 1. The third-order valence-corrected chi connectivity index (χ3v) is 4.03. The van der Waals surface area contributed by atoms with Crippen molar-refractivity contribution in [1.29, 1.82) is 0 Å². The van der Waals surface area contributed by atoms with Crippen LogP contribution in [0.4, 0.5) is 8.78 Å². The van der Waals surface area contributed by atoms with Crippen LogP contribution in [-0.2, 0) is 9.63 Å². The zero-order chi connectivity index (χ0) is 15.3. The first-order valence-corrected chi connectivity index (χ1v) is 6.64. The molecule has 2 aliphatic rings. The summed E-state index contributed by atoms with van der Waals surface area (Å²) in [6, 6.07) is 6.73. The molecule has 0 aromatic heterocycles. The van der Waals surface area contributed by atoms with Crippen LogP contribution in [0.3, 0.4) is 0 Å². The van der Waals surface area contributed by atoms with Crippen LogP contribution in [0.1, 0.15) is 18.4 Å². The summed E-state index contributed by atoms with van der Waals surface area (Å²) in [6.45, 7) is 0. The Morgan fingerprint density at radius 2 is 2.00 bits per heavy atom. The van der Waals surface area contributed by atoms with Gasteiger partial charge in [0.1, 0.15) is 5.41 Å². The van der Waals surface area contributed by atoms with Gasteiger partial charge in [-0.2, -0.15) is 0 Å². The number of amides is 1. The van der Waals surface area contributed by atoms with Gasteiger partial charge < -0.3 is 15.9 Å². The summed E-state index contributed by atoms with van der Waals surface area (Å²) in [5.41, 5.74) is 4.51. The topological polar surface area (TPSA) is 76.7 Å². The maximum absolute atomic E-state index is 13.2. The predicted octanol–water partition coefficient (Wildman–Crippen LogP) is 1.85. The largest absolute Gasteiger partial charge is 0.369 e. The number of carbonyl (C=O) groups excluding carboxylic acids is 1. The van der Waals surface area contributed by atoms with Gasteiger partial charge in [0, 0.05) is 23.4 Å². The Hall–Kier alpha value is -1.89.